The van der Waals surface area contributed by atoms with Crippen LogP contribution in [-0.4, -0.2) is 61.2 Å². The maximum absolute atomic E-state index is 12.8. The fourth-order valence-corrected chi connectivity index (χ4v) is 3.66. The standard InChI is InChI=1S/C16H24N4O2/c1-19(9-10-22-2)14(21)13-11-20(12-16(13)5-3-6-16)15-17-7-4-8-18-15/h4,7-8,13H,3,5-6,9-12H2,1-2H3. The molecule has 1 amide bonds. The van der Waals surface area contributed by atoms with E-state index in [2.05, 4.69) is 14.9 Å². The van der Waals surface area contributed by atoms with Crippen LogP contribution in [0.25, 0.3) is 0 Å². The minimum atomic E-state index is 0.0481. The van der Waals surface area contributed by atoms with Crippen molar-refractivity contribution in [3.63, 3.8) is 0 Å². The van der Waals surface area contributed by atoms with E-state index in [4.69, 9.17) is 4.74 Å². The first-order chi connectivity index (χ1) is 10.7. The first-order valence-electron chi connectivity index (χ1n) is 7.92. The fraction of sp³-hybridized carbons (Fsp3) is 0.688. The van der Waals surface area contributed by atoms with Gasteiger partial charge < -0.3 is 14.5 Å². The van der Waals surface area contributed by atoms with Crippen molar-refractivity contribution >= 4 is 11.9 Å². The summed E-state index contributed by atoms with van der Waals surface area (Å²) in [6, 6.07) is 1.82. The summed E-state index contributed by atoms with van der Waals surface area (Å²) in [5.74, 6) is 1.02. The number of aromatic nitrogens is 2. The van der Waals surface area contributed by atoms with Crippen molar-refractivity contribution in [2.45, 2.75) is 19.3 Å². The summed E-state index contributed by atoms with van der Waals surface area (Å²) < 4.78 is 5.08. The lowest BCUT2D eigenvalue weighted by atomic mass is 9.62. The summed E-state index contributed by atoms with van der Waals surface area (Å²) in [4.78, 5) is 25.5. The molecule has 1 saturated heterocycles. The molecule has 1 aliphatic heterocycles. The number of nitrogens with zero attached hydrogens (tertiary/aromatic N) is 4. The van der Waals surface area contributed by atoms with E-state index in [0.29, 0.717) is 13.2 Å². The molecule has 2 aliphatic rings. The van der Waals surface area contributed by atoms with Gasteiger partial charge in [-0.05, 0) is 18.9 Å². The number of carbonyl (C=O) groups excluding carboxylic acids is 1. The van der Waals surface area contributed by atoms with Crippen LogP contribution in [0.4, 0.5) is 5.95 Å². The van der Waals surface area contributed by atoms with Crippen LogP contribution in [0.3, 0.4) is 0 Å². The molecular formula is C16H24N4O2. The van der Waals surface area contributed by atoms with Gasteiger partial charge in [0.05, 0.1) is 12.5 Å². The van der Waals surface area contributed by atoms with E-state index >= 15 is 0 Å². The van der Waals surface area contributed by atoms with E-state index in [1.807, 2.05) is 18.0 Å². The van der Waals surface area contributed by atoms with Crippen LogP contribution < -0.4 is 4.90 Å². The van der Waals surface area contributed by atoms with Crippen LogP contribution in [-0.2, 0) is 9.53 Å². The van der Waals surface area contributed by atoms with Crippen molar-refractivity contribution in [3.05, 3.63) is 18.5 Å². The van der Waals surface area contributed by atoms with E-state index in [0.717, 1.165) is 31.9 Å². The first-order valence-corrected chi connectivity index (χ1v) is 7.92. The molecule has 3 rings (SSSR count). The smallest absolute Gasteiger partial charge is 0.227 e. The average Bonchev–Trinajstić information content (AvgIpc) is 2.93. The van der Waals surface area contributed by atoms with Crippen molar-refractivity contribution in [1.82, 2.24) is 14.9 Å². The molecule has 1 aliphatic carbocycles. The third kappa shape index (κ3) is 2.67. The maximum Gasteiger partial charge on any atom is 0.227 e. The normalized spacial score (nSPS) is 22.6. The second kappa shape index (κ2) is 6.20. The second-order valence-corrected chi connectivity index (χ2v) is 6.45. The average molecular weight is 304 g/mol. The number of rotatable bonds is 5. The SMILES string of the molecule is COCCN(C)C(=O)C1CN(c2ncccn2)CC12CCC2. The van der Waals surface area contributed by atoms with E-state index in [-0.39, 0.29) is 17.2 Å². The zero-order valence-electron chi connectivity index (χ0n) is 13.4. The van der Waals surface area contributed by atoms with Gasteiger partial charge in [-0.2, -0.15) is 0 Å². The largest absolute Gasteiger partial charge is 0.383 e. The molecule has 1 aromatic rings. The third-order valence-corrected chi connectivity index (χ3v) is 5.14. The van der Waals surface area contributed by atoms with Crippen LogP contribution in [0, 0.1) is 11.3 Å². The Morgan fingerprint density at radius 3 is 2.77 bits per heavy atom. The van der Waals surface area contributed by atoms with Crippen molar-refractivity contribution in [2.75, 3.05) is 45.3 Å². The molecule has 1 atom stereocenters. The van der Waals surface area contributed by atoms with E-state index < -0.39 is 0 Å². The number of hydrogen-bond acceptors (Lipinski definition) is 5. The first kappa shape index (κ1) is 15.2. The Labute approximate surface area is 131 Å². The van der Waals surface area contributed by atoms with Gasteiger partial charge in [0.25, 0.3) is 0 Å². The zero-order chi connectivity index (χ0) is 15.6. The van der Waals surface area contributed by atoms with Crippen molar-refractivity contribution in [3.8, 4) is 0 Å². The van der Waals surface area contributed by atoms with Crippen LogP contribution >= 0.6 is 0 Å². The number of ether oxygens (including phenoxy) is 1. The third-order valence-electron chi connectivity index (χ3n) is 5.14. The number of amides is 1. The number of likely N-dealkylation sites (N-methyl/N-ethyl adjacent to an activating group) is 1. The molecule has 6 heteroatoms. The summed E-state index contributed by atoms with van der Waals surface area (Å²) in [6.45, 7) is 2.84. The van der Waals surface area contributed by atoms with Gasteiger partial charge in [0, 0.05) is 51.6 Å². The highest BCUT2D eigenvalue weighted by molar-refractivity contribution is 5.81. The Bertz CT molecular complexity index is 518. The Balaban J connectivity index is 1.74. The summed E-state index contributed by atoms with van der Waals surface area (Å²) in [6.07, 6.45) is 7.00. The molecule has 1 saturated carbocycles. The number of hydrogen-bond donors (Lipinski definition) is 0. The summed E-state index contributed by atoms with van der Waals surface area (Å²) in [7, 11) is 3.53. The zero-order valence-corrected chi connectivity index (χ0v) is 13.4. The van der Waals surface area contributed by atoms with Gasteiger partial charge in [-0.25, -0.2) is 9.97 Å². The lowest BCUT2D eigenvalue weighted by molar-refractivity contribution is -0.139. The minimum Gasteiger partial charge on any atom is -0.383 e. The molecule has 1 aromatic heterocycles. The highest BCUT2D eigenvalue weighted by atomic mass is 16.5. The lowest BCUT2D eigenvalue weighted by Gasteiger charge is -2.42. The van der Waals surface area contributed by atoms with Crippen molar-refractivity contribution < 1.29 is 9.53 Å². The molecule has 0 aromatic carbocycles. The number of anilines is 1. The van der Waals surface area contributed by atoms with Gasteiger partial charge in [0.15, 0.2) is 0 Å². The van der Waals surface area contributed by atoms with Gasteiger partial charge >= 0.3 is 0 Å². The quantitative estimate of drug-likeness (QED) is 0.818. The van der Waals surface area contributed by atoms with Crippen molar-refractivity contribution in [2.24, 2.45) is 11.3 Å². The van der Waals surface area contributed by atoms with Gasteiger partial charge in [0.1, 0.15) is 0 Å². The monoisotopic (exact) mass is 304 g/mol. The summed E-state index contributed by atoms with van der Waals surface area (Å²) in [5.41, 5.74) is 0.123. The molecule has 120 valence electrons. The molecule has 2 heterocycles. The Morgan fingerprint density at radius 1 is 1.45 bits per heavy atom. The molecule has 1 unspecified atom stereocenters. The second-order valence-electron chi connectivity index (χ2n) is 6.45. The van der Waals surface area contributed by atoms with E-state index in [1.54, 1.807) is 19.5 Å². The fourth-order valence-electron chi connectivity index (χ4n) is 3.66. The lowest BCUT2D eigenvalue weighted by Crippen LogP contribution is -2.46. The van der Waals surface area contributed by atoms with Crippen LogP contribution in [0.5, 0.6) is 0 Å². The predicted octanol–water partition coefficient (Wildman–Crippen LogP) is 1.19. The van der Waals surface area contributed by atoms with Gasteiger partial charge in [0.2, 0.25) is 11.9 Å². The van der Waals surface area contributed by atoms with Crippen LogP contribution in [0.2, 0.25) is 0 Å². The van der Waals surface area contributed by atoms with Crippen LogP contribution in [0.1, 0.15) is 19.3 Å². The van der Waals surface area contributed by atoms with E-state index in [9.17, 15) is 4.79 Å². The van der Waals surface area contributed by atoms with Crippen molar-refractivity contribution in [1.29, 1.82) is 0 Å². The molecule has 6 nitrogen and oxygen atoms in total. The number of methoxy groups -OCH3 is 1. The Kier molecular flexibility index (Phi) is 4.29. The van der Waals surface area contributed by atoms with Gasteiger partial charge in [-0.15, -0.1) is 0 Å². The highest BCUT2D eigenvalue weighted by Gasteiger charge is 2.54. The summed E-state index contributed by atoms with van der Waals surface area (Å²) in [5, 5.41) is 0. The van der Waals surface area contributed by atoms with Gasteiger partial charge in [-0.3, -0.25) is 4.79 Å². The molecule has 22 heavy (non-hydrogen) atoms. The molecule has 0 radical (unpaired) electrons. The highest BCUT2D eigenvalue weighted by Crippen LogP contribution is 2.52. The minimum absolute atomic E-state index is 0.0481. The molecule has 0 N–H and O–H groups in total. The number of carbonyl (C=O) groups is 1. The summed E-state index contributed by atoms with van der Waals surface area (Å²) >= 11 is 0. The van der Waals surface area contributed by atoms with Crippen LogP contribution in [0.15, 0.2) is 18.5 Å². The Hall–Kier alpha value is -1.69. The topological polar surface area (TPSA) is 58.6 Å². The van der Waals surface area contributed by atoms with Gasteiger partial charge in [-0.1, -0.05) is 6.42 Å². The Morgan fingerprint density at radius 2 is 2.18 bits per heavy atom. The predicted molar refractivity (Wildman–Crippen MR) is 83.5 cm³/mol. The van der Waals surface area contributed by atoms with E-state index in [1.165, 1.54) is 6.42 Å². The molecule has 2 fully saturated rings. The maximum atomic E-state index is 12.8. The molecule has 1 spiro atoms. The molecule has 0 bridgehead atoms. The molecular weight excluding hydrogens is 280 g/mol.